The molecule has 4 nitrogen and oxygen atoms in total. The van der Waals surface area contributed by atoms with Crippen LogP contribution in [0.25, 0.3) is 11.4 Å². The van der Waals surface area contributed by atoms with Crippen LogP contribution in [0.15, 0.2) is 29.1 Å². The SMILES string of the molecule is COc1ccc(-c2nc(C)c(F)c(=O)[nH]2)cc1. The predicted molar refractivity (Wildman–Crippen MR) is 61.5 cm³/mol. The molecule has 0 radical (unpaired) electrons. The van der Waals surface area contributed by atoms with Crippen molar-refractivity contribution < 1.29 is 9.13 Å². The van der Waals surface area contributed by atoms with Crippen LogP contribution in [-0.2, 0) is 0 Å². The van der Waals surface area contributed by atoms with E-state index in [1.165, 1.54) is 6.92 Å². The van der Waals surface area contributed by atoms with E-state index in [4.69, 9.17) is 4.74 Å². The molecule has 88 valence electrons. The largest absolute Gasteiger partial charge is 0.497 e. The Morgan fingerprint density at radius 1 is 1.29 bits per heavy atom. The lowest BCUT2D eigenvalue weighted by atomic mass is 10.2. The first-order chi connectivity index (χ1) is 8.11. The molecule has 0 saturated heterocycles. The number of aromatic nitrogens is 2. The molecule has 2 rings (SSSR count). The minimum absolute atomic E-state index is 0.0829. The van der Waals surface area contributed by atoms with Crippen molar-refractivity contribution in [2.75, 3.05) is 7.11 Å². The van der Waals surface area contributed by atoms with Crippen molar-refractivity contribution in [1.29, 1.82) is 0 Å². The maximum Gasteiger partial charge on any atom is 0.287 e. The summed E-state index contributed by atoms with van der Waals surface area (Å²) in [6.07, 6.45) is 0. The lowest BCUT2D eigenvalue weighted by Crippen LogP contribution is -2.15. The van der Waals surface area contributed by atoms with Gasteiger partial charge < -0.3 is 9.72 Å². The van der Waals surface area contributed by atoms with E-state index in [0.29, 0.717) is 17.1 Å². The van der Waals surface area contributed by atoms with E-state index in [-0.39, 0.29) is 5.69 Å². The zero-order valence-corrected chi connectivity index (χ0v) is 9.45. The second-order valence-electron chi connectivity index (χ2n) is 3.54. The summed E-state index contributed by atoms with van der Waals surface area (Å²) in [4.78, 5) is 17.6. The molecule has 0 unspecified atom stereocenters. The van der Waals surface area contributed by atoms with E-state index < -0.39 is 11.4 Å². The van der Waals surface area contributed by atoms with Crippen LogP contribution >= 0.6 is 0 Å². The average Bonchev–Trinajstić information content (AvgIpc) is 2.35. The highest BCUT2D eigenvalue weighted by Crippen LogP contribution is 2.18. The first-order valence-electron chi connectivity index (χ1n) is 5.02. The Bertz CT molecular complexity index is 590. The van der Waals surface area contributed by atoms with Crippen LogP contribution in [-0.4, -0.2) is 17.1 Å². The third-order valence-electron chi connectivity index (χ3n) is 2.39. The van der Waals surface area contributed by atoms with Crippen LogP contribution in [0.4, 0.5) is 4.39 Å². The number of aromatic amines is 1. The van der Waals surface area contributed by atoms with Crippen LogP contribution in [0.5, 0.6) is 5.75 Å². The van der Waals surface area contributed by atoms with Crippen LogP contribution in [0.3, 0.4) is 0 Å². The molecule has 0 aliphatic heterocycles. The number of aryl methyl sites for hydroxylation is 1. The molecule has 1 N–H and O–H groups in total. The molecule has 0 aliphatic carbocycles. The third kappa shape index (κ3) is 2.18. The van der Waals surface area contributed by atoms with Gasteiger partial charge in [-0.2, -0.15) is 4.39 Å². The summed E-state index contributed by atoms with van der Waals surface area (Å²) in [7, 11) is 1.57. The predicted octanol–water partition coefficient (Wildman–Crippen LogP) is 1.89. The van der Waals surface area contributed by atoms with E-state index in [2.05, 4.69) is 9.97 Å². The van der Waals surface area contributed by atoms with Crippen LogP contribution < -0.4 is 10.3 Å². The molecule has 1 heterocycles. The van der Waals surface area contributed by atoms with Crippen LogP contribution in [0, 0.1) is 12.7 Å². The Hall–Kier alpha value is -2.17. The molecule has 17 heavy (non-hydrogen) atoms. The number of hydrogen-bond acceptors (Lipinski definition) is 3. The van der Waals surface area contributed by atoms with Crippen molar-refractivity contribution in [2.24, 2.45) is 0 Å². The van der Waals surface area contributed by atoms with Gasteiger partial charge in [0.05, 0.1) is 12.8 Å². The van der Waals surface area contributed by atoms with E-state index >= 15 is 0 Å². The number of benzene rings is 1. The summed E-state index contributed by atoms with van der Waals surface area (Å²) < 4.78 is 18.1. The molecule has 0 saturated carbocycles. The second-order valence-corrected chi connectivity index (χ2v) is 3.54. The highest BCUT2D eigenvalue weighted by atomic mass is 19.1. The summed E-state index contributed by atoms with van der Waals surface area (Å²) in [5.74, 6) is 0.203. The van der Waals surface area contributed by atoms with Gasteiger partial charge in [-0.15, -0.1) is 0 Å². The number of nitrogens with one attached hydrogen (secondary N) is 1. The lowest BCUT2D eigenvalue weighted by molar-refractivity contribution is 0.415. The molecule has 1 aromatic carbocycles. The van der Waals surface area contributed by atoms with Crippen molar-refractivity contribution >= 4 is 0 Å². The highest BCUT2D eigenvalue weighted by molar-refractivity contribution is 5.56. The number of nitrogens with zero attached hydrogens (tertiary/aromatic N) is 1. The molecule has 2 aromatic rings. The topological polar surface area (TPSA) is 55.0 Å². The third-order valence-corrected chi connectivity index (χ3v) is 2.39. The Morgan fingerprint density at radius 3 is 2.47 bits per heavy atom. The fraction of sp³-hybridized carbons (Fsp3) is 0.167. The number of H-pyrrole nitrogens is 1. The molecule has 0 aliphatic rings. The van der Waals surface area contributed by atoms with Crippen molar-refractivity contribution in [1.82, 2.24) is 9.97 Å². The molecule has 0 fully saturated rings. The molecule has 0 amide bonds. The number of rotatable bonds is 2. The molecular formula is C12H11FN2O2. The molecule has 0 atom stereocenters. The van der Waals surface area contributed by atoms with Crippen molar-refractivity contribution in [3.63, 3.8) is 0 Å². The maximum absolute atomic E-state index is 13.1. The monoisotopic (exact) mass is 234 g/mol. The summed E-state index contributed by atoms with van der Waals surface area (Å²) in [6.45, 7) is 1.46. The standard InChI is InChI=1S/C12H11FN2O2/c1-7-10(13)12(16)15-11(14-7)8-3-5-9(17-2)6-4-8/h3-6H,1-2H3,(H,14,15,16). The quantitative estimate of drug-likeness (QED) is 0.863. The Balaban J connectivity index is 2.49. The normalized spacial score (nSPS) is 10.3. The molecular weight excluding hydrogens is 223 g/mol. The first kappa shape index (κ1) is 11.3. The van der Waals surface area contributed by atoms with E-state index in [0.717, 1.165) is 0 Å². The molecule has 1 aromatic heterocycles. The number of methoxy groups -OCH3 is 1. The van der Waals surface area contributed by atoms with Gasteiger partial charge in [-0.25, -0.2) is 4.98 Å². The van der Waals surface area contributed by atoms with Gasteiger partial charge in [0.1, 0.15) is 11.6 Å². The number of halogens is 1. The zero-order valence-electron chi connectivity index (χ0n) is 9.45. The fourth-order valence-electron chi connectivity index (χ4n) is 1.46. The summed E-state index contributed by atoms with van der Waals surface area (Å²) in [6, 6.07) is 6.98. The summed E-state index contributed by atoms with van der Waals surface area (Å²) in [5.41, 5.74) is 0.0221. The van der Waals surface area contributed by atoms with Gasteiger partial charge in [0.2, 0.25) is 5.82 Å². The van der Waals surface area contributed by atoms with Crippen molar-refractivity contribution in [3.8, 4) is 17.1 Å². The number of hydrogen-bond donors (Lipinski definition) is 1. The average molecular weight is 234 g/mol. The van der Waals surface area contributed by atoms with Gasteiger partial charge in [0, 0.05) is 5.56 Å². The van der Waals surface area contributed by atoms with Gasteiger partial charge in [-0.1, -0.05) is 0 Å². The number of ether oxygens (including phenoxy) is 1. The molecule has 0 bridgehead atoms. The first-order valence-corrected chi connectivity index (χ1v) is 5.02. The van der Waals surface area contributed by atoms with Crippen molar-refractivity contribution in [3.05, 3.63) is 46.1 Å². The van der Waals surface area contributed by atoms with E-state index in [1.807, 2.05) is 0 Å². The minimum Gasteiger partial charge on any atom is -0.497 e. The van der Waals surface area contributed by atoms with Crippen LogP contribution in [0.2, 0.25) is 0 Å². The summed E-state index contributed by atoms with van der Waals surface area (Å²) >= 11 is 0. The Kier molecular flexibility index (Phi) is 2.91. The van der Waals surface area contributed by atoms with Crippen LogP contribution in [0.1, 0.15) is 5.69 Å². The lowest BCUT2D eigenvalue weighted by Gasteiger charge is -2.04. The Labute approximate surface area is 97.1 Å². The second kappa shape index (κ2) is 4.37. The minimum atomic E-state index is -0.845. The molecule has 5 heteroatoms. The van der Waals surface area contributed by atoms with Gasteiger partial charge in [-0.05, 0) is 31.2 Å². The van der Waals surface area contributed by atoms with Gasteiger partial charge in [0.15, 0.2) is 0 Å². The van der Waals surface area contributed by atoms with Gasteiger partial charge in [0.25, 0.3) is 5.56 Å². The summed E-state index contributed by atoms with van der Waals surface area (Å²) in [5, 5.41) is 0. The van der Waals surface area contributed by atoms with Gasteiger partial charge >= 0.3 is 0 Å². The van der Waals surface area contributed by atoms with Gasteiger partial charge in [-0.3, -0.25) is 4.79 Å². The smallest absolute Gasteiger partial charge is 0.287 e. The molecule has 0 spiro atoms. The van der Waals surface area contributed by atoms with E-state index in [1.54, 1.807) is 31.4 Å². The Morgan fingerprint density at radius 2 is 1.94 bits per heavy atom. The van der Waals surface area contributed by atoms with Crippen molar-refractivity contribution in [2.45, 2.75) is 6.92 Å². The van der Waals surface area contributed by atoms with E-state index in [9.17, 15) is 9.18 Å². The maximum atomic E-state index is 13.1. The zero-order chi connectivity index (χ0) is 12.4. The fourth-order valence-corrected chi connectivity index (χ4v) is 1.46. The highest BCUT2D eigenvalue weighted by Gasteiger charge is 2.08.